The van der Waals surface area contributed by atoms with Crippen LogP contribution in [0.25, 0.3) is 11.2 Å². The van der Waals surface area contributed by atoms with E-state index in [-0.39, 0.29) is 35.1 Å². The van der Waals surface area contributed by atoms with Crippen molar-refractivity contribution in [2.75, 3.05) is 5.32 Å². The molecular formula is C38H51N7O8Si. The van der Waals surface area contributed by atoms with E-state index in [1.165, 1.54) is 10.9 Å². The number of hydrogen-bond donors (Lipinski definition) is 2. The number of H-pyrrole nitrogens is 1. The number of aromatic nitrogens is 6. The number of amides is 1. The second-order valence-electron chi connectivity index (χ2n) is 16.4. The van der Waals surface area contributed by atoms with Crippen LogP contribution in [0.15, 0.2) is 58.8 Å². The van der Waals surface area contributed by atoms with Gasteiger partial charge in [-0.15, -0.1) is 0 Å². The van der Waals surface area contributed by atoms with Crippen molar-refractivity contribution < 1.29 is 28.2 Å². The Morgan fingerprint density at radius 3 is 2.50 bits per heavy atom. The lowest BCUT2D eigenvalue weighted by Crippen LogP contribution is -2.45. The second-order valence-corrected chi connectivity index (χ2v) is 21.2. The number of benzene rings is 1. The minimum absolute atomic E-state index is 0.0338. The van der Waals surface area contributed by atoms with Crippen LogP contribution in [0, 0.1) is 0 Å². The molecule has 290 valence electrons. The molecule has 0 unspecified atom stereocenters. The lowest BCUT2D eigenvalue weighted by molar-refractivity contribution is -0.197. The summed E-state index contributed by atoms with van der Waals surface area (Å²) in [7, 11) is -2.08. The number of aryl methyl sites for hydroxylation is 1. The maximum absolute atomic E-state index is 13.1. The highest BCUT2D eigenvalue weighted by atomic mass is 28.4. The van der Waals surface area contributed by atoms with Crippen LogP contribution in [0.2, 0.25) is 18.1 Å². The summed E-state index contributed by atoms with van der Waals surface area (Å²) >= 11 is 0. The van der Waals surface area contributed by atoms with Crippen LogP contribution in [0.3, 0.4) is 0 Å². The number of ether oxygens (including phenoxy) is 4. The molecule has 16 heteroatoms. The van der Waals surface area contributed by atoms with Gasteiger partial charge >= 0.3 is 5.69 Å². The Hall–Kier alpha value is -4.06. The lowest BCUT2D eigenvalue weighted by atomic mass is 10.0. The van der Waals surface area contributed by atoms with Gasteiger partial charge in [0.15, 0.2) is 37.3 Å². The van der Waals surface area contributed by atoms with E-state index in [1.807, 2.05) is 19.9 Å². The molecule has 4 aromatic rings. The standard InChI is InChI=1S/C38H51N7O8Si/c1-9-24-26(53-54(7,8)37(2,3)4)18-27(49-24)44-19-23(34(47)43-36(44)48)16-13-17-25-29-30(52-38(5,6)51-29)35(50-25)45-21-41-28-31(39-20-40-32(28)45)42-33(46)22-14-11-10-12-15-22/h10-12,14-15,19-21,24-27,29-30,35H,9,13,16-18H2,1-8H3,(H,43,47,48)(H,39,40,42,46)/t24-,25-,26+,27-,29-,30-,35-/m1/s1. The number of rotatable bonds is 11. The molecule has 15 nitrogen and oxygen atoms in total. The highest BCUT2D eigenvalue weighted by Crippen LogP contribution is 2.45. The Labute approximate surface area is 314 Å². The van der Waals surface area contributed by atoms with Crippen LogP contribution in [-0.2, 0) is 29.8 Å². The molecule has 0 aliphatic carbocycles. The van der Waals surface area contributed by atoms with Crippen LogP contribution in [0.1, 0.15) is 95.6 Å². The third-order valence-electron chi connectivity index (χ3n) is 11.1. The SMILES string of the molecule is CC[C@H]1O[C@@H](n2cc(CCC[C@H]3O[C@@H](n4cnc5c(NC(=O)c6ccccc6)ncnc54)[C@@H]4OC(C)(C)O[C@@H]43)c(=O)[nH]c2=O)C[C@@H]1O[Si](C)(C)C(C)(C)C. The number of aromatic amines is 1. The fraction of sp³-hybridized carbons (Fsp3) is 0.579. The van der Waals surface area contributed by atoms with Gasteiger partial charge < -0.3 is 28.7 Å². The van der Waals surface area contributed by atoms with E-state index in [2.05, 4.69) is 66.0 Å². The number of nitrogens with zero attached hydrogens (tertiary/aromatic N) is 5. The third kappa shape index (κ3) is 7.47. The number of fused-ring (bicyclic) bond motifs is 2. The van der Waals surface area contributed by atoms with E-state index < -0.39 is 50.0 Å². The highest BCUT2D eigenvalue weighted by Gasteiger charge is 2.56. The van der Waals surface area contributed by atoms with Crippen molar-refractivity contribution in [3.63, 3.8) is 0 Å². The summed E-state index contributed by atoms with van der Waals surface area (Å²) in [4.78, 5) is 54.9. The van der Waals surface area contributed by atoms with Crippen molar-refractivity contribution in [3.8, 4) is 0 Å². The molecule has 1 aromatic carbocycles. The van der Waals surface area contributed by atoms with E-state index in [0.717, 1.165) is 6.42 Å². The van der Waals surface area contributed by atoms with Crippen molar-refractivity contribution in [3.05, 3.63) is 81.1 Å². The topological polar surface area (TPSA) is 174 Å². The molecule has 7 atom stereocenters. The predicted molar refractivity (Wildman–Crippen MR) is 203 cm³/mol. The maximum Gasteiger partial charge on any atom is 0.330 e. The Kier molecular flexibility index (Phi) is 10.3. The number of carbonyl (C=O) groups is 1. The van der Waals surface area contributed by atoms with E-state index in [1.54, 1.807) is 41.4 Å². The molecule has 3 aliphatic heterocycles. The van der Waals surface area contributed by atoms with Crippen LogP contribution < -0.4 is 16.6 Å². The average Bonchev–Trinajstić information content (AvgIpc) is 3.87. The molecule has 54 heavy (non-hydrogen) atoms. The van der Waals surface area contributed by atoms with Crippen LogP contribution in [0.5, 0.6) is 0 Å². The minimum atomic E-state index is -2.08. The first-order valence-electron chi connectivity index (χ1n) is 18.8. The van der Waals surface area contributed by atoms with Gasteiger partial charge in [0.05, 0.1) is 24.6 Å². The van der Waals surface area contributed by atoms with Gasteiger partial charge in [0, 0.05) is 23.7 Å². The van der Waals surface area contributed by atoms with Gasteiger partial charge in [0.2, 0.25) is 0 Å². The zero-order chi connectivity index (χ0) is 38.6. The highest BCUT2D eigenvalue weighted by molar-refractivity contribution is 6.74. The van der Waals surface area contributed by atoms with E-state index in [4.69, 9.17) is 23.4 Å². The fourth-order valence-corrected chi connectivity index (χ4v) is 8.70. The molecular weight excluding hydrogens is 711 g/mol. The van der Waals surface area contributed by atoms with Gasteiger partial charge in [-0.3, -0.25) is 23.7 Å². The number of nitrogens with one attached hydrogen (secondary N) is 2. The zero-order valence-electron chi connectivity index (χ0n) is 32.2. The summed E-state index contributed by atoms with van der Waals surface area (Å²) in [6.07, 6.45) is 4.72. The van der Waals surface area contributed by atoms with Gasteiger partial charge in [-0.25, -0.2) is 19.7 Å². The van der Waals surface area contributed by atoms with Crippen LogP contribution >= 0.6 is 0 Å². The molecule has 3 aromatic heterocycles. The molecule has 2 N–H and O–H groups in total. The molecule has 0 bridgehead atoms. The first-order valence-corrected chi connectivity index (χ1v) is 21.7. The van der Waals surface area contributed by atoms with Crippen LogP contribution in [-0.4, -0.2) is 79.6 Å². The summed E-state index contributed by atoms with van der Waals surface area (Å²) in [6, 6.07) is 8.86. The fourth-order valence-electron chi connectivity index (χ4n) is 7.34. The monoisotopic (exact) mass is 761 g/mol. The van der Waals surface area contributed by atoms with E-state index >= 15 is 0 Å². The summed E-state index contributed by atoms with van der Waals surface area (Å²) in [6.45, 7) is 16.8. The molecule has 0 spiro atoms. The van der Waals surface area contributed by atoms with Gasteiger partial charge in [-0.1, -0.05) is 45.9 Å². The lowest BCUT2D eigenvalue weighted by Gasteiger charge is -2.39. The summed E-state index contributed by atoms with van der Waals surface area (Å²) in [5.41, 5.74) is 0.936. The quantitative estimate of drug-likeness (QED) is 0.186. The van der Waals surface area contributed by atoms with Crippen LogP contribution in [0.4, 0.5) is 5.82 Å². The number of hydrogen-bond acceptors (Lipinski definition) is 11. The first-order chi connectivity index (χ1) is 25.5. The molecule has 7 rings (SSSR count). The number of carbonyl (C=O) groups excluding carboxylic acids is 1. The normalized spacial score (nSPS) is 26.7. The summed E-state index contributed by atoms with van der Waals surface area (Å²) < 4.78 is 35.7. The molecule has 3 saturated heterocycles. The molecule has 3 aliphatic rings. The maximum atomic E-state index is 13.1. The molecule has 0 saturated carbocycles. The molecule has 3 fully saturated rings. The molecule has 0 radical (unpaired) electrons. The number of anilines is 1. The van der Waals surface area contributed by atoms with Crippen molar-refractivity contribution >= 4 is 31.2 Å². The number of imidazole rings is 1. The first kappa shape index (κ1) is 38.2. The van der Waals surface area contributed by atoms with Gasteiger partial charge in [0.1, 0.15) is 24.8 Å². The van der Waals surface area contributed by atoms with Gasteiger partial charge in [-0.05, 0) is 69.8 Å². The smallest absolute Gasteiger partial charge is 0.330 e. The van der Waals surface area contributed by atoms with Gasteiger partial charge in [0.25, 0.3) is 11.5 Å². The predicted octanol–water partition coefficient (Wildman–Crippen LogP) is 5.46. The summed E-state index contributed by atoms with van der Waals surface area (Å²) in [5.74, 6) is -0.889. The second kappa shape index (κ2) is 14.5. The Morgan fingerprint density at radius 1 is 1.04 bits per heavy atom. The Balaban J connectivity index is 1.05. The average molecular weight is 762 g/mol. The largest absolute Gasteiger partial charge is 0.411 e. The van der Waals surface area contributed by atoms with E-state index in [9.17, 15) is 14.4 Å². The summed E-state index contributed by atoms with van der Waals surface area (Å²) in [5, 5.41) is 2.88. The van der Waals surface area contributed by atoms with Crippen molar-refractivity contribution in [1.29, 1.82) is 0 Å². The van der Waals surface area contributed by atoms with Gasteiger partial charge in [-0.2, -0.15) is 0 Å². The molecule has 6 heterocycles. The van der Waals surface area contributed by atoms with Crippen molar-refractivity contribution in [2.45, 2.75) is 141 Å². The minimum Gasteiger partial charge on any atom is -0.411 e. The van der Waals surface area contributed by atoms with Crippen molar-refractivity contribution in [1.82, 2.24) is 29.1 Å². The zero-order valence-corrected chi connectivity index (χ0v) is 33.2. The molecule has 1 amide bonds. The third-order valence-corrected chi connectivity index (χ3v) is 15.7. The Bertz CT molecular complexity index is 2110. The van der Waals surface area contributed by atoms with Crippen molar-refractivity contribution in [2.24, 2.45) is 0 Å². The Morgan fingerprint density at radius 2 is 1.78 bits per heavy atom. The van der Waals surface area contributed by atoms with E-state index in [0.29, 0.717) is 48.0 Å².